The minimum atomic E-state index is 0.951. The Labute approximate surface area is 158 Å². The Morgan fingerprint density at radius 2 is 1.54 bits per heavy atom. The van der Waals surface area contributed by atoms with Crippen LogP contribution in [-0.4, -0.2) is 27.2 Å². The molecule has 2 aliphatic heterocycles. The molecule has 26 heavy (non-hydrogen) atoms. The van der Waals surface area contributed by atoms with Gasteiger partial charge in [0.25, 0.3) is 0 Å². The topological polar surface area (TPSA) is 41.7 Å². The molecule has 0 amide bonds. The van der Waals surface area contributed by atoms with Crippen molar-refractivity contribution in [2.75, 3.05) is 37.2 Å². The van der Waals surface area contributed by atoms with Gasteiger partial charge < -0.3 is 14.6 Å². The van der Waals surface area contributed by atoms with Crippen molar-refractivity contribution in [3.8, 4) is 5.75 Å². The van der Waals surface area contributed by atoms with Crippen LogP contribution in [0.3, 0.4) is 0 Å². The number of aryl methyl sites for hydroxylation is 2. The van der Waals surface area contributed by atoms with Gasteiger partial charge in [0.15, 0.2) is 0 Å². The summed E-state index contributed by atoms with van der Waals surface area (Å²) in [5.41, 5.74) is 5.33. The third-order valence-corrected chi connectivity index (χ3v) is 4.79. The zero-order valence-electron chi connectivity index (χ0n) is 16.7. The molecule has 0 aliphatic carbocycles. The average Bonchev–Trinajstić information content (AvgIpc) is 2.71. The van der Waals surface area contributed by atoms with Crippen LogP contribution in [0.15, 0.2) is 42.5 Å². The molecular formula is C22H33N3O. The summed E-state index contributed by atoms with van der Waals surface area (Å²) >= 11 is 0. The van der Waals surface area contributed by atoms with Crippen molar-refractivity contribution < 1.29 is 4.74 Å². The lowest BCUT2D eigenvalue weighted by molar-refractivity contribution is 0.414. The summed E-state index contributed by atoms with van der Waals surface area (Å²) in [5, 5.41) is 1.83. The van der Waals surface area contributed by atoms with Gasteiger partial charge in [-0.05, 0) is 48.9 Å². The normalized spacial score (nSPS) is 14.8. The average molecular weight is 356 g/mol. The van der Waals surface area contributed by atoms with Crippen LogP contribution in [0, 0.1) is 0 Å². The molecule has 2 N–H and O–H groups in total. The van der Waals surface area contributed by atoms with Crippen LogP contribution in [0.4, 0.5) is 11.4 Å². The second kappa shape index (κ2) is 10.1. The Morgan fingerprint density at radius 3 is 2.23 bits per heavy atom. The molecule has 0 saturated heterocycles. The fourth-order valence-electron chi connectivity index (χ4n) is 3.43. The molecule has 0 saturated carbocycles. The number of hydrogen-bond acceptors (Lipinski definition) is 4. The zero-order valence-corrected chi connectivity index (χ0v) is 16.7. The summed E-state index contributed by atoms with van der Waals surface area (Å²) in [6, 6.07) is 14.7. The first kappa shape index (κ1) is 20.1. The third-order valence-electron chi connectivity index (χ3n) is 4.79. The summed E-state index contributed by atoms with van der Waals surface area (Å²) in [4.78, 5) is 2.29. The van der Waals surface area contributed by atoms with Gasteiger partial charge in [-0.15, -0.1) is 0 Å². The standard InChI is InChI=1S/C11H15NO.C9H12N2.C2H6/c1-12-7-3-4-9-5-6-10(13-2)8-11(9)12;10-11-7-3-5-8-4-1-2-6-9(8)11;1-2/h5-6,8H,3-4,7H2,1-2H3;1-2,4,6H,3,5,7,10H2;1-2H3. The van der Waals surface area contributed by atoms with Crippen molar-refractivity contribution in [1.29, 1.82) is 0 Å². The number of hydrazine groups is 1. The minimum Gasteiger partial charge on any atom is -0.497 e. The van der Waals surface area contributed by atoms with Gasteiger partial charge in [0.1, 0.15) is 5.75 Å². The van der Waals surface area contributed by atoms with E-state index in [4.69, 9.17) is 10.6 Å². The van der Waals surface area contributed by atoms with Crippen molar-refractivity contribution in [3.63, 3.8) is 0 Å². The highest BCUT2D eigenvalue weighted by Crippen LogP contribution is 2.29. The lowest BCUT2D eigenvalue weighted by Crippen LogP contribution is -2.35. The molecule has 4 nitrogen and oxygen atoms in total. The number of nitrogens with two attached hydrogens (primary N) is 1. The van der Waals surface area contributed by atoms with Gasteiger partial charge in [0.2, 0.25) is 0 Å². The van der Waals surface area contributed by atoms with Crippen LogP contribution in [0.1, 0.15) is 37.8 Å². The van der Waals surface area contributed by atoms with Crippen LogP contribution < -0.4 is 20.5 Å². The van der Waals surface area contributed by atoms with Crippen LogP contribution in [0.5, 0.6) is 5.75 Å². The van der Waals surface area contributed by atoms with Crippen LogP contribution in [-0.2, 0) is 12.8 Å². The molecule has 0 unspecified atom stereocenters. The molecule has 2 aliphatic rings. The van der Waals surface area contributed by atoms with Gasteiger partial charge in [0.05, 0.1) is 12.8 Å². The monoisotopic (exact) mass is 355 g/mol. The molecule has 0 fully saturated rings. The van der Waals surface area contributed by atoms with E-state index in [1.807, 2.05) is 31.0 Å². The lowest BCUT2D eigenvalue weighted by Gasteiger charge is -2.27. The Morgan fingerprint density at radius 1 is 0.885 bits per heavy atom. The zero-order chi connectivity index (χ0) is 18.9. The third kappa shape index (κ3) is 4.92. The quantitative estimate of drug-likeness (QED) is 0.769. The van der Waals surface area contributed by atoms with E-state index in [1.54, 1.807) is 7.11 Å². The van der Waals surface area contributed by atoms with Gasteiger partial charge in [-0.25, -0.2) is 5.84 Å². The molecule has 0 bridgehead atoms. The summed E-state index contributed by atoms with van der Waals surface area (Å²) in [7, 11) is 3.85. The van der Waals surface area contributed by atoms with E-state index >= 15 is 0 Å². The number of methoxy groups -OCH3 is 1. The second-order valence-electron chi connectivity index (χ2n) is 6.45. The maximum Gasteiger partial charge on any atom is 0.120 e. The molecule has 4 rings (SSSR count). The van der Waals surface area contributed by atoms with E-state index < -0.39 is 0 Å². The number of fused-ring (bicyclic) bond motifs is 2. The SMILES string of the molecule is CC.COc1ccc2c(c1)N(C)CCC2.NN1CCCc2ccccc21. The van der Waals surface area contributed by atoms with Crippen molar-refractivity contribution in [2.24, 2.45) is 5.84 Å². The van der Waals surface area contributed by atoms with Crippen molar-refractivity contribution in [2.45, 2.75) is 39.5 Å². The fourth-order valence-corrected chi connectivity index (χ4v) is 3.43. The molecule has 2 heterocycles. The van der Waals surface area contributed by atoms with Gasteiger partial charge >= 0.3 is 0 Å². The van der Waals surface area contributed by atoms with Gasteiger partial charge in [0, 0.05) is 31.9 Å². The van der Waals surface area contributed by atoms with Crippen LogP contribution in [0.2, 0.25) is 0 Å². The molecule has 0 aromatic heterocycles. The Balaban J connectivity index is 0.000000173. The molecule has 0 atom stereocenters. The molecule has 4 heteroatoms. The largest absolute Gasteiger partial charge is 0.497 e. The smallest absolute Gasteiger partial charge is 0.120 e. The van der Waals surface area contributed by atoms with Crippen LogP contribution in [0.25, 0.3) is 0 Å². The molecule has 2 aromatic carbocycles. The maximum absolute atomic E-state index is 5.78. The van der Waals surface area contributed by atoms with Gasteiger partial charge in [-0.2, -0.15) is 0 Å². The molecule has 142 valence electrons. The van der Waals surface area contributed by atoms with E-state index in [0.717, 1.165) is 18.8 Å². The van der Waals surface area contributed by atoms with Crippen molar-refractivity contribution in [1.82, 2.24) is 0 Å². The van der Waals surface area contributed by atoms with Crippen molar-refractivity contribution >= 4 is 11.4 Å². The molecule has 2 aromatic rings. The number of anilines is 2. The first-order chi connectivity index (χ1) is 12.7. The highest BCUT2D eigenvalue weighted by molar-refractivity contribution is 5.58. The first-order valence-corrected chi connectivity index (χ1v) is 9.67. The summed E-state index contributed by atoms with van der Waals surface area (Å²) in [6.07, 6.45) is 4.80. The molecule has 0 spiro atoms. The van der Waals surface area contributed by atoms with Gasteiger partial charge in [-0.1, -0.05) is 38.1 Å². The minimum absolute atomic E-state index is 0.951. The molecule has 0 radical (unpaired) electrons. The van der Waals surface area contributed by atoms with Crippen LogP contribution >= 0.6 is 0 Å². The predicted octanol–water partition coefficient (Wildman–Crippen LogP) is 4.42. The highest BCUT2D eigenvalue weighted by atomic mass is 16.5. The van der Waals surface area contributed by atoms with Gasteiger partial charge in [-0.3, -0.25) is 0 Å². The number of benzene rings is 2. The van der Waals surface area contributed by atoms with E-state index in [9.17, 15) is 0 Å². The highest BCUT2D eigenvalue weighted by Gasteiger charge is 2.13. The summed E-state index contributed by atoms with van der Waals surface area (Å²) < 4.78 is 5.20. The van der Waals surface area contributed by atoms with E-state index in [0.29, 0.717) is 0 Å². The number of nitrogens with zero attached hydrogens (tertiary/aromatic N) is 2. The second-order valence-corrected chi connectivity index (χ2v) is 6.45. The Kier molecular flexibility index (Phi) is 7.79. The summed E-state index contributed by atoms with van der Waals surface area (Å²) in [6.45, 7) is 6.14. The molecular weight excluding hydrogens is 322 g/mol. The Bertz CT molecular complexity index is 687. The first-order valence-electron chi connectivity index (χ1n) is 9.67. The number of hydrogen-bond donors (Lipinski definition) is 1. The number of rotatable bonds is 1. The maximum atomic E-state index is 5.78. The lowest BCUT2D eigenvalue weighted by atomic mass is 10.0. The van der Waals surface area contributed by atoms with E-state index in [2.05, 4.69) is 42.3 Å². The van der Waals surface area contributed by atoms with E-state index in [-0.39, 0.29) is 0 Å². The number of ether oxygens (including phenoxy) is 1. The predicted molar refractivity (Wildman–Crippen MR) is 112 cm³/mol. The van der Waals surface area contributed by atoms with Crippen molar-refractivity contribution in [3.05, 3.63) is 53.6 Å². The Hall–Kier alpha value is -2.20. The fraction of sp³-hybridized carbons (Fsp3) is 0.455. The van der Waals surface area contributed by atoms with E-state index in [1.165, 1.54) is 48.2 Å². The number of para-hydroxylation sites is 1. The summed E-state index contributed by atoms with van der Waals surface area (Å²) in [5.74, 6) is 6.73.